The lowest BCUT2D eigenvalue weighted by atomic mass is 9.73. The zero-order chi connectivity index (χ0) is 18.1. The number of primary amides is 1. The lowest BCUT2D eigenvalue weighted by Gasteiger charge is -2.34. The second kappa shape index (κ2) is 9.78. The lowest BCUT2D eigenvalue weighted by molar-refractivity contribution is -0.127. The molecule has 2 N–H and O–H groups in total. The number of hydrogen-bond donors (Lipinski definition) is 1. The molecule has 0 atom stereocenters. The van der Waals surface area contributed by atoms with Gasteiger partial charge in [0.15, 0.2) is 0 Å². The summed E-state index contributed by atoms with van der Waals surface area (Å²) >= 11 is 0. The van der Waals surface area contributed by atoms with Gasteiger partial charge in [-0.05, 0) is 56.5 Å². The van der Waals surface area contributed by atoms with E-state index in [2.05, 4.69) is 18.7 Å². The predicted molar refractivity (Wildman–Crippen MR) is 99.9 cm³/mol. The molecule has 5 heteroatoms. The fourth-order valence-corrected chi connectivity index (χ4v) is 3.49. The summed E-state index contributed by atoms with van der Waals surface area (Å²) in [6.07, 6.45) is 3.49. The molecule has 1 aromatic rings. The van der Waals surface area contributed by atoms with Crippen molar-refractivity contribution in [2.75, 3.05) is 39.5 Å². The summed E-state index contributed by atoms with van der Waals surface area (Å²) in [6, 6.07) is 7.83. The monoisotopic (exact) mass is 348 g/mol. The van der Waals surface area contributed by atoms with Crippen molar-refractivity contribution in [2.45, 2.75) is 44.9 Å². The Morgan fingerprint density at radius 2 is 1.88 bits per heavy atom. The van der Waals surface area contributed by atoms with E-state index in [4.69, 9.17) is 15.2 Å². The Bertz CT molecular complexity index is 524. The number of nitrogens with zero attached hydrogens (tertiary/aromatic N) is 1. The Labute approximate surface area is 151 Å². The fraction of sp³-hybridized carbons (Fsp3) is 0.650. The first-order chi connectivity index (χ1) is 12.1. The highest BCUT2D eigenvalue weighted by Crippen LogP contribution is 2.35. The van der Waals surface area contributed by atoms with Gasteiger partial charge in [0, 0.05) is 19.8 Å². The third-order valence-electron chi connectivity index (χ3n) is 5.10. The Morgan fingerprint density at radius 1 is 1.20 bits per heavy atom. The number of hydrogen-bond acceptors (Lipinski definition) is 4. The first kappa shape index (κ1) is 19.7. The molecule has 5 nitrogen and oxygen atoms in total. The zero-order valence-corrected chi connectivity index (χ0v) is 15.6. The Balaban J connectivity index is 1.88. The van der Waals surface area contributed by atoms with Crippen LogP contribution in [0.15, 0.2) is 24.3 Å². The minimum absolute atomic E-state index is 0.264. The molecule has 1 amide bonds. The van der Waals surface area contributed by atoms with Crippen molar-refractivity contribution in [1.29, 1.82) is 0 Å². The van der Waals surface area contributed by atoms with Crippen molar-refractivity contribution >= 4 is 5.91 Å². The van der Waals surface area contributed by atoms with Gasteiger partial charge in [-0.1, -0.05) is 26.0 Å². The van der Waals surface area contributed by atoms with Gasteiger partial charge in [0.25, 0.3) is 0 Å². The number of amides is 1. The molecular weight excluding hydrogens is 316 g/mol. The molecule has 0 unspecified atom stereocenters. The molecule has 140 valence electrons. The van der Waals surface area contributed by atoms with E-state index in [0.717, 1.165) is 37.4 Å². The van der Waals surface area contributed by atoms with Crippen molar-refractivity contribution in [3.05, 3.63) is 29.8 Å². The molecule has 0 aromatic heterocycles. The van der Waals surface area contributed by atoms with E-state index in [0.29, 0.717) is 32.7 Å². The second-order valence-electron chi connectivity index (χ2n) is 6.72. The van der Waals surface area contributed by atoms with Crippen molar-refractivity contribution in [2.24, 2.45) is 5.73 Å². The van der Waals surface area contributed by atoms with Gasteiger partial charge in [0.2, 0.25) is 5.91 Å². The molecular formula is C20H32N2O3. The molecule has 1 heterocycles. The quantitative estimate of drug-likeness (QED) is 0.660. The molecule has 2 rings (SSSR count). The highest BCUT2D eigenvalue weighted by atomic mass is 16.5. The average molecular weight is 348 g/mol. The van der Waals surface area contributed by atoms with E-state index in [9.17, 15) is 4.79 Å². The van der Waals surface area contributed by atoms with Crippen LogP contribution >= 0.6 is 0 Å². The van der Waals surface area contributed by atoms with Crippen molar-refractivity contribution in [1.82, 2.24) is 4.90 Å². The molecule has 1 saturated heterocycles. The van der Waals surface area contributed by atoms with Gasteiger partial charge in [0.05, 0.1) is 12.0 Å². The first-order valence-corrected chi connectivity index (χ1v) is 9.45. The molecule has 1 aliphatic heterocycles. The van der Waals surface area contributed by atoms with Gasteiger partial charge in [-0.15, -0.1) is 0 Å². The number of ether oxygens (including phenoxy) is 2. The van der Waals surface area contributed by atoms with Crippen LogP contribution in [0.3, 0.4) is 0 Å². The van der Waals surface area contributed by atoms with Crippen molar-refractivity contribution in [3.8, 4) is 5.75 Å². The van der Waals surface area contributed by atoms with Crippen molar-refractivity contribution in [3.63, 3.8) is 0 Å². The van der Waals surface area contributed by atoms with Gasteiger partial charge >= 0.3 is 0 Å². The van der Waals surface area contributed by atoms with Crippen LogP contribution in [0, 0.1) is 0 Å². The molecule has 1 fully saturated rings. The molecule has 0 bridgehead atoms. The van der Waals surface area contributed by atoms with E-state index in [1.807, 2.05) is 24.3 Å². The summed E-state index contributed by atoms with van der Waals surface area (Å²) < 4.78 is 11.2. The van der Waals surface area contributed by atoms with E-state index in [-0.39, 0.29) is 5.91 Å². The summed E-state index contributed by atoms with van der Waals surface area (Å²) in [4.78, 5) is 14.5. The average Bonchev–Trinajstić information content (AvgIpc) is 2.65. The Hall–Kier alpha value is -1.59. The topological polar surface area (TPSA) is 64.8 Å². The minimum atomic E-state index is -0.599. The lowest BCUT2D eigenvalue weighted by Crippen LogP contribution is -2.45. The fourth-order valence-electron chi connectivity index (χ4n) is 3.49. The summed E-state index contributed by atoms with van der Waals surface area (Å²) in [6.45, 7) is 9.55. The summed E-state index contributed by atoms with van der Waals surface area (Å²) in [5.74, 6) is 0.578. The maximum atomic E-state index is 12.0. The number of nitrogens with two attached hydrogens (primary N) is 1. The van der Waals surface area contributed by atoms with Crippen molar-refractivity contribution < 1.29 is 14.3 Å². The van der Waals surface area contributed by atoms with E-state index in [1.165, 1.54) is 6.42 Å². The van der Waals surface area contributed by atoms with Crippen LogP contribution in [0.2, 0.25) is 0 Å². The molecule has 1 aliphatic rings. The number of benzene rings is 1. The third kappa shape index (κ3) is 5.19. The maximum absolute atomic E-state index is 12.0. The highest BCUT2D eigenvalue weighted by molar-refractivity contribution is 5.86. The van der Waals surface area contributed by atoms with Crippen LogP contribution in [-0.4, -0.2) is 50.3 Å². The molecule has 25 heavy (non-hydrogen) atoms. The Morgan fingerprint density at radius 3 is 2.44 bits per heavy atom. The second-order valence-corrected chi connectivity index (χ2v) is 6.72. The zero-order valence-electron chi connectivity index (χ0n) is 15.6. The third-order valence-corrected chi connectivity index (χ3v) is 5.10. The van der Waals surface area contributed by atoms with Crippen LogP contribution < -0.4 is 10.5 Å². The van der Waals surface area contributed by atoms with Crippen LogP contribution in [-0.2, 0) is 14.9 Å². The van der Waals surface area contributed by atoms with Crippen LogP contribution in [0.1, 0.15) is 45.1 Å². The summed E-state index contributed by atoms with van der Waals surface area (Å²) in [5, 5.41) is 0. The van der Waals surface area contributed by atoms with Gasteiger partial charge < -0.3 is 20.1 Å². The predicted octanol–water partition coefficient (Wildman–Crippen LogP) is 2.72. The summed E-state index contributed by atoms with van der Waals surface area (Å²) in [5.41, 5.74) is 6.08. The van der Waals surface area contributed by atoms with Gasteiger partial charge in [0.1, 0.15) is 5.75 Å². The number of rotatable bonds is 10. The maximum Gasteiger partial charge on any atom is 0.228 e. The van der Waals surface area contributed by atoms with Crippen LogP contribution in [0.5, 0.6) is 5.75 Å². The highest BCUT2D eigenvalue weighted by Gasteiger charge is 2.40. The number of carbonyl (C=O) groups excluding carboxylic acids is 1. The molecule has 0 radical (unpaired) electrons. The normalized spacial score (nSPS) is 16.8. The standard InChI is InChI=1S/C20H32N2O3/c1-3-12-22(4-2)13-5-14-25-18-8-6-17(7-9-18)20(19(21)23)10-15-24-16-11-20/h6-9H,3-5,10-16H2,1-2H3,(H2,21,23). The largest absolute Gasteiger partial charge is 0.494 e. The van der Waals surface area contributed by atoms with Gasteiger partial charge in [-0.25, -0.2) is 0 Å². The molecule has 0 saturated carbocycles. The van der Waals surface area contributed by atoms with Crippen LogP contribution in [0.4, 0.5) is 0 Å². The van der Waals surface area contributed by atoms with E-state index < -0.39 is 5.41 Å². The summed E-state index contributed by atoms with van der Waals surface area (Å²) in [7, 11) is 0. The Kier molecular flexibility index (Phi) is 7.72. The minimum Gasteiger partial charge on any atom is -0.494 e. The number of carbonyl (C=O) groups is 1. The molecule has 0 spiro atoms. The van der Waals surface area contributed by atoms with E-state index in [1.54, 1.807) is 0 Å². The smallest absolute Gasteiger partial charge is 0.228 e. The first-order valence-electron chi connectivity index (χ1n) is 9.45. The van der Waals surface area contributed by atoms with Gasteiger partial charge in [-0.3, -0.25) is 4.79 Å². The molecule has 1 aromatic carbocycles. The SMILES string of the molecule is CCCN(CC)CCCOc1ccc(C2(C(N)=O)CCOCC2)cc1. The van der Waals surface area contributed by atoms with Crippen LogP contribution in [0.25, 0.3) is 0 Å². The molecule has 0 aliphatic carbocycles. The van der Waals surface area contributed by atoms with E-state index >= 15 is 0 Å². The van der Waals surface area contributed by atoms with Gasteiger partial charge in [-0.2, -0.15) is 0 Å².